The van der Waals surface area contributed by atoms with Crippen LogP contribution in [-0.4, -0.2) is 36.4 Å². The highest BCUT2D eigenvalue weighted by molar-refractivity contribution is 9.10. The molecule has 0 bridgehead atoms. The van der Waals surface area contributed by atoms with Crippen molar-refractivity contribution in [3.05, 3.63) is 80.2 Å². The van der Waals surface area contributed by atoms with Gasteiger partial charge in [0.2, 0.25) is 5.13 Å². The Morgan fingerprint density at radius 2 is 1.91 bits per heavy atom. The maximum Gasteiger partial charge on any atom is 0.301 e. The number of hydrogen-bond donors (Lipinski definition) is 1. The van der Waals surface area contributed by atoms with Crippen LogP contribution in [0.4, 0.5) is 5.13 Å². The maximum atomic E-state index is 13.3. The lowest BCUT2D eigenvalue weighted by Crippen LogP contribution is -2.29. The van der Waals surface area contributed by atoms with Gasteiger partial charge in [-0.05, 0) is 50.1 Å². The molecule has 0 spiro atoms. The van der Waals surface area contributed by atoms with Gasteiger partial charge in [-0.3, -0.25) is 14.5 Å². The molecule has 3 aromatic heterocycles. The van der Waals surface area contributed by atoms with Crippen molar-refractivity contribution >= 4 is 55.5 Å². The molecule has 4 aromatic rings. The molecular weight excluding hydrogens is 506 g/mol. The van der Waals surface area contributed by atoms with Gasteiger partial charge in [-0.15, -0.1) is 10.2 Å². The summed E-state index contributed by atoms with van der Waals surface area (Å²) < 4.78 is 2.63. The molecule has 10 heteroatoms. The van der Waals surface area contributed by atoms with Crippen LogP contribution in [0.15, 0.2) is 52.6 Å². The first-order chi connectivity index (χ1) is 15.8. The fraction of sp³-hybridized carbons (Fsp3) is 0.174. The van der Waals surface area contributed by atoms with Gasteiger partial charge in [-0.25, -0.2) is 4.98 Å². The quantitative estimate of drug-likeness (QED) is 0.241. The normalized spacial score (nSPS) is 17.9. The number of hydrogen-bond acceptors (Lipinski definition) is 7. The number of halogens is 1. The number of rotatable bonds is 3. The third-order valence-electron chi connectivity index (χ3n) is 5.64. The zero-order valence-electron chi connectivity index (χ0n) is 17.9. The standard InChI is InChI=1S/C23H18BrN5O3S/c1-11-6-5-9-28-12(2)17(25-21(11)28)19(30)16-18(14-7-4-8-15(24)10-14)29(22(32)20(16)31)23-27-26-13(3)33-23/h4-10,18,30H,1-3H3. The summed E-state index contributed by atoms with van der Waals surface area (Å²) >= 11 is 4.66. The van der Waals surface area contributed by atoms with Crippen molar-refractivity contribution in [1.29, 1.82) is 0 Å². The van der Waals surface area contributed by atoms with E-state index < -0.39 is 17.7 Å². The maximum absolute atomic E-state index is 13.3. The van der Waals surface area contributed by atoms with E-state index in [1.54, 1.807) is 13.0 Å². The Labute approximate surface area is 201 Å². The summed E-state index contributed by atoms with van der Waals surface area (Å²) in [5.74, 6) is -1.88. The third-order valence-corrected chi connectivity index (χ3v) is 6.97. The number of anilines is 1. The van der Waals surface area contributed by atoms with Gasteiger partial charge < -0.3 is 9.51 Å². The number of carbonyl (C=O) groups is 2. The second-order valence-electron chi connectivity index (χ2n) is 7.76. The van der Waals surface area contributed by atoms with Crippen molar-refractivity contribution in [1.82, 2.24) is 19.6 Å². The van der Waals surface area contributed by atoms with E-state index >= 15 is 0 Å². The first kappa shape index (κ1) is 21.5. The van der Waals surface area contributed by atoms with Crippen LogP contribution in [0.1, 0.15) is 33.6 Å². The first-order valence-electron chi connectivity index (χ1n) is 10.1. The van der Waals surface area contributed by atoms with Crippen molar-refractivity contribution in [2.45, 2.75) is 26.8 Å². The number of aryl methyl sites for hydroxylation is 3. The van der Waals surface area contributed by atoms with Crippen LogP contribution in [0, 0.1) is 20.8 Å². The molecule has 0 radical (unpaired) electrons. The Kier molecular flexibility index (Phi) is 5.13. The number of benzene rings is 1. The number of aromatic nitrogens is 4. The number of Topliss-reactive ketones (excluding diaryl/α,β-unsaturated/α-hetero) is 1. The van der Waals surface area contributed by atoms with E-state index in [4.69, 9.17) is 0 Å². The number of aliphatic hydroxyl groups excluding tert-OH is 1. The lowest BCUT2D eigenvalue weighted by atomic mass is 9.96. The summed E-state index contributed by atoms with van der Waals surface area (Å²) in [7, 11) is 0. The molecule has 4 heterocycles. The van der Waals surface area contributed by atoms with Gasteiger partial charge in [-0.2, -0.15) is 0 Å². The lowest BCUT2D eigenvalue weighted by molar-refractivity contribution is -0.132. The topological polar surface area (TPSA) is 101 Å². The van der Waals surface area contributed by atoms with Crippen LogP contribution in [0.3, 0.4) is 0 Å². The Hall–Kier alpha value is -3.37. The van der Waals surface area contributed by atoms with E-state index in [1.807, 2.05) is 54.8 Å². The molecule has 5 rings (SSSR count). The van der Waals surface area contributed by atoms with Crippen LogP contribution in [0.2, 0.25) is 0 Å². The van der Waals surface area contributed by atoms with E-state index in [1.165, 1.54) is 16.2 Å². The average molecular weight is 524 g/mol. The molecule has 1 fully saturated rings. The molecule has 1 aromatic carbocycles. The van der Waals surface area contributed by atoms with E-state index in [2.05, 4.69) is 31.1 Å². The summed E-state index contributed by atoms with van der Waals surface area (Å²) in [4.78, 5) is 32.4. The Balaban J connectivity index is 1.78. The number of aliphatic hydroxyl groups is 1. The van der Waals surface area contributed by atoms with Crippen LogP contribution in [0.25, 0.3) is 11.4 Å². The molecule has 166 valence electrons. The van der Waals surface area contributed by atoms with Gasteiger partial charge in [0, 0.05) is 10.7 Å². The Bertz CT molecular complexity index is 1490. The molecule has 1 atom stereocenters. The molecule has 1 amide bonds. The SMILES string of the molecule is Cc1nnc(N2C(=O)C(=O)C(=C(O)c3nc4c(C)cccn4c3C)C2c2cccc(Br)c2)s1. The summed E-state index contributed by atoms with van der Waals surface area (Å²) in [5.41, 5.74) is 3.14. The largest absolute Gasteiger partial charge is 0.505 e. The second kappa shape index (κ2) is 7.89. The molecule has 1 N–H and O–H groups in total. The van der Waals surface area contributed by atoms with E-state index in [0.717, 1.165) is 10.0 Å². The van der Waals surface area contributed by atoms with Crippen LogP contribution < -0.4 is 4.90 Å². The lowest BCUT2D eigenvalue weighted by Gasteiger charge is -2.22. The smallest absolute Gasteiger partial charge is 0.301 e. The van der Waals surface area contributed by atoms with Crippen molar-refractivity contribution < 1.29 is 14.7 Å². The van der Waals surface area contributed by atoms with Gasteiger partial charge >= 0.3 is 5.91 Å². The first-order valence-corrected chi connectivity index (χ1v) is 11.7. The van der Waals surface area contributed by atoms with Gasteiger partial charge in [0.1, 0.15) is 16.3 Å². The molecule has 0 aliphatic carbocycles. The number of amides is 1. The Morgan fingerprint density at radius 1 is 1.12 bits per heavy atom. The summed E-state index contributed by atoms with van der Waals surface area (Å²) in [6.07, 6.45) is 1.84. The number of pyridine rings is 1. The summed E-state index contributed by atoms with van der Waals surface area (Å²) in [6, 6.07) is 10.2. The highest BCUT2D eigenvalue weighted by Gasteiger charge is 2.48. The predicted molar refractivity (Wildman–Crippen MR) is 128 cm³/mol. The van der Waals surface area contributed by atoms with Crippen molar-refractivity contribution in [3.63, 3.8) is 0 Å². The minimum absolute atomic E-state index is 0.0323. The number of nitrogens with zero attached hydrogens (tertiary/aromatic N) is 5. The monoisotopic (exact) mass is 523 g/mol. The molecule has 0 saturated carbocycles. The van der Waals surface area contributed by atoms with Gasteiger partial charge in [0.05, 0.1) is 17.3 Å². The minimum atomic E-state index is -0.875. The van der Waals surface area contributed by atoms with Crippen molar-refractivity contribution in [3.8, 4) is 0 Å². The molecule has 1 aliphatic heterocycles. The average Bonchev–Trinajstić information content (AvgIpc) is 3.43. The fourth-order valence-corrected chi connectivity index (χ4v) is 5.21. The molecule has 8 nitrogen and oxygen atoms in total. The molecular formula is C23H18BrN5O3S. The Morgan fingerprint density at radius 3 is 2.58 bits per heavy atom. The third kappa shape index (κ3) is 3.37. The van der Waals surface area contributed by atoms with Crippen LogP contribution in [-0.2, 0) is 9.59 Å². The highest BCUT2D eigenvalue weighted by Crippen LogP contribution is 2.43. The summed E-state index contributed by atoms with van der Waals surface area (Å²) in [5, 5.41) is 20.5. The van der Waals surface area contributed by atoms with Crippen molar-refractivity contribution in [2.75, 3.05) is 4.90 Å². The van der Waals surface area contributed by atoms with E-state index in [-0.39, 0.29) is 17.0 Å². The highest BCUT2D eigenvalue weighted by atomic mass is 79.9. The zero-order valence-corrected chi connectivity index (χ0v) is 20.3. The number of ketones is 1. The fourth-order valence-electron chi connectivity index (χ4n) is 4.08. The van der Waals surface area contributed by atoms with Gasteiger partial charge in [0.25, 0.3) is 5.78 Å². The predicted octanol–water partition coefficient (Wildman–Crippen LogP) is 4.50. The van der Waals surface area contributed by atoms with Crippen LogP contribution >= 0.6 is 27.3 Å². The molecule has 1 unspecified atom stereocenters. The molecule has 1 aliphatic rings. The van der Waals surface area contributed by atoms with Crippen LogP contribution in [0.5, 0.6) is 0 Å². The zero-order chi connectivity index (χ0) is 23.4. The van der Waals surface area contributed by atoms with Gasteiger partial charge in [0.15, 0.2) is 5.76 Å². The number of imidazole rings is 1. The van der Waals surface area contributed by atoms with E-state index in [0.29, 0.717) is 27.0 Å². The number of carbonyl (C=O) groups excluding carboxylic acids is 2. The molecule has 1 saturated heterocycles. The second-order valence-corrected chi connectivity index (χ2v) is 9.83. The van der Waals surface area contributed by atoms with E-state index in [9.17, 15) is 14.7 Å². The minimum Gasteiger partial charge on any atom is -0.505 e. The van der Waals surface area contributed by atoms with Crippen molar-refractivity contribution in [2.24, 2.45) is 0 Å². The summed E-state index contributed by atoms with van der Waals surface area (Å²) in [6.45, 7) is 5.50. The number of fused-ring (bicyclic) bond motifs is 1. The van der Waals surface area contributed by atoms with Gasteiger partial charge in [-0.1, -0.05) is 45.5 Å². The molecule has 33 heavy (non-hydrogen) atoms.